The number of para-hydroxylation sites is 2. The third kappa shape index (κ3) is 2.88. The van der Waals surface area contributed by atoms with Crippen LogP contribution >= 0.6 is 0 Å². The molecule has 0 saturated carbocycles. The minimum Gasteiger partial charge on any atom is -0.373 e. The Bertz CT molecular complexity index is 994. The highest BCUT2D eigenvalue weighted by Crippen LogP contribution is 2.30. The highest BCUT2D eigenvalue weighted by Gasteiger charge is 2.29. The molecule has 2 amide bonds. The molecule has 0 radical (unpaired) electrons. The van der Waals surface area contributed by atoms with Gasteiger partial charge in [0.05, 0.1) is 11.4 Å². The zero-order valence-corrected chi connectivity index (χ0v) is 14.4. The second-order valence-electron chi connectivity index (χ2n) is 6.38. The molecule has 0 fully saturated rings. The number of carbonyl (C=O) groups is 2. The molecule has 5 nitrogen and oxygen atoms in total. The van der Waals surface area contributed by atoms with Gasteiger partial charge in [0.25, 0.3) is 0 Å². The Kier molecular flexibility index (Phi) is 4.05. The van der Waals surface area contributed by atoms with Crippen molar-refractivity contribution in [3.8, 4) is 0 Å². The fraction of sp³-hybridized carbons (Fsp3) is 0.143. The highest BCUT2D eigenvalue weighted by molar-refractivity contribution is 6.11. The normalized spacial score (nSPS) is 14.5. The average molecular weight is 345 g/mol. The number of anilines is 3. The van der Waals surface area contributed by atoms with Gasteiger partial charge in [-0.1, -0.05) is 48.5 Å². The summed E-state index contributed by atoms with van der Waals surface area (Å²) >= 11 is 0. The number of fused-ring (bicyclic) bond motifs is 2. The van der Waals surface area contributed by atoms with E-state index in [2.05, 4.69) is 10.6 Å². The van der Waals surface area contributed by atoms with Gasteiger partial charge < -0.3 is 10.6 Å². The molecule has 0 aliphatic carbocycles. The van der Waals surface area contributed by atoms with Gasteiger partial charge in [-0.05, 0) is 30.5 Å². The van der Waals surface area contributed by atoms with Gasteiger partial charge in [-0.25, -0.2) is 0 Å². The first-order valence-corrected chi connectivity index (χ1v) is 8.58. The lowest BCUT2D eigenvalue weighted by Crippen LogP contribution is -2.47. The Hall–Kier alpha value is -3.34. The molecule has 1 atom stereocenters. The zero-order chi connectivity index (χ0) is 18.1. The van der Waals surface area contributed by atoms with Gasteiger partial charge >= 0.3 is 0 Å². The molecule has 0 spiro atoms. The summed E-state index contributed by atoms with van der Waals surface area (Å²) in [4.78, 5) is 26.5. The van der Waals surface area contributed by atoms with E-state index in [-0.39, 0.29) is 18.4 Å². The molecule has 1 aliphatic heterocycles. The van der Waals surface area contributed by atoms with Crippen LogP contribution in [0, 0.1) is 0 Å². The Morgan fingerprint density at radius 2 is 1.77 bits per heavy atom. The summed E-state index contributed by atoms with van der Waals surface area (Å²) in [5, 5.41) is 8.28. The molecule has 2 N–H and O–H groups in total. The van der Waals surface area contributed by atoms with Gasteiger partial charge in [-0.2, -0.15) is 0 Å². The molecule has 0 saturated heterocycles. The fourth-order valence-corrected chi connectivity index (χ4v) is 3.31. The van der Waals surface area contributed by atoms with Crippen molar-refractivity contribution >= 4 is 39.6 Å². The van der Waals surface area contributed by atoms with E-state index in [9.17, 15) is 9.59 Å². The first-order valence-electron chi connectivity index (χ1n) is 8.58. The molecule has 0 aromatic heterocycles. The largest absolute Gasteiger partial charge is 0.373 e. The lowest BCUT2D eigenvalue weighted by molar-refractivity contribution is -0.122. The van der Waals surface area contributed by atoms with Gasteiger partial charge in [-0.15, -0.1) is 0 Å². The van der Waals surface area contributed by atoms with Crippen molar-refractivity contribution in [2.75, 3.05) is 22.1 Å². The molecule has 1 aliphatic rings. The number of rotatable bonds is 3. The Morgan fingerprint density at radius 1 is 1.04 bits per heavy atom. The summed E-state index contributed by atoms with van der Waals surface area (Å²) in [6.45, 7) is 1.84. The lowest BCUT2D eigenvalue weighted by Gasteiger charge is -2.31. The summed E-state index contributed by atoms with van der Waals surface area (Å²) in [7, 11) is 0. The molecule has 3 aromatic rings. The van der Waals surface area contributed by atoms with Gasteiger partial charge in [0.15, 0.2) is 0 Å². The molecule has 1 heterocycles. The number of nitrogens with zero attached hydrogens (tertiary/aromatic N) is 1. The quantitative estimate of drug-likeness (QED) is 0.762. The summed E-state index contributed by atoms with van der Waals surface area (Å²) in [6, 6.07) is 20.9. The van der Waals surface area contributed by atoms with Gasteiger partial charge in [0.1, 0.15) is 12.6 Å². The van der Waals surface area contributed by atoms with E-state index < -0.39 is 6.04 Å². The van der Waals surface area contributed by atoms with Crippen LogP contribution in [0.4, 0.5) is 17.1 Å². The van der Waals surface area contributed by atoms with Crippen LogP contribution < -0.4 is 15.5 Å². The van der Waals surface area contributed by atoms with Crippen molar-refractivity contribution < 1.29 is 9.59 Å². The maximum absolute atomic E-state index is 13.0. The number of amides is 2. The van der Waals surface area contributed by atoms with Crippen molar-refractivity contribution in [2.24, 2.45) is 0 Å². The third-order valence-corrected chi connectivity index (χ3v) is 4.57. The van der Waals surface area contributed by atoms with E-state index in [0.717, 1.165) is 22.1 Å². The molecule has 130 valence electrons. The first-order chi connectivity index (χ1) is 12.6. The molecule has 5 heteroatoms. The Balaban J connectivity index is 1.61. The van der Waals surface area contributed by atoms with Crippen LogP contribution in [0.5, 0.6) is 0 Å². The van der Waals surface area contributed by atoms with Crippen molar-refractivity contribution in [1.82, 2.24) is 0 Å². The molecule has 26 heavy (non-hydrogen) atoms. The average Bonchev–Trinajstić information content (AvgIpc) is 2.67. The predicted molar refractivity (Wildman–Crippen MR) is 104 cm³/mol. The van der Waals surface area contributed by atoms with Crippen LogP contribution in [0.25, 0.3) is 10.8 Å². The number of hydrogen-bond donors (Lipinski definition) is 2. The van der Waals surface area contributed by atoms with Gasteiger partial charge in [-0.3, -0.25) is 14.5 Å². The second-order valence-corrected chi connectivity index (χ2v) is 6.38. The molecular weight excluding hydrogens is 326 g/mol. The Labute approximate surface area is 151 Å². The second kappa shape index (κ2) is 6.52. The van der Waals surface area contributed by atoms with E-state index in [1.54, 1.807) is 6.07 Å². The summed E-state index contributed by atoms with van der Waals surface area (Å²) in [5.74, 6) is -0.324. The molecular formula is C21H19N3O2. The molecule has 0 unspecified atom stereocenters. The van der Waals surface area contributed by atoms with E-state index >= 15 is 0 Å². The molecule has 3 aromatic carbocycles. The Morgan fingerprint density at radius 3 is 2.65 bits per heavy atom. The highest BCUT2D eigenvalue weighted by atomic mass is 16.2. The van der Waals surface area contributed by atoms with Crippen LogP contribution in [-0.2, 0) is 9.59 Å². The van der Waals surface area contributed by atoms with Gasteiger partial charge in [0.2, 0.25) is 11.8 Å². The minimum atomic E-state index is -0.472. The van der Waals surface area contributed by atoms with Crippen molar-refractivity contribution in [1.29, 1.82) is 0 Å². The van der Waals surface area contributed by atoms with E-state index in [1.807, 2.05) is 67.6 Å². The summed E-state index contributed by atoms with van der Waals surface area (Å²) in [5.41, 5.74) is 2.29. The van der Waals surface area contributed by atoms with Crippen LogP contribution in [0.15, 0.2) is 66.7 Å². The van der Waals surface area contributed by atoms with Crippen molar-refractivity contribution in [2.45, 2.75) is 13.0 Å². The van der Waals surface area contributed by atoms with E-state index in [4.69, 9.17) is 0 Å². The first kappa shape index (κ1) is 16.1. The van der Waals surface area contributed by atoms with Crippen LogP contribution in [0.1, 0.15) is 6.92 Å². The minimum absolute atomic E-state index is 0.0252. The van der Waals surface area contributed by atoms with Crippen molar-refractivity contribution in [3.63, 3.8) is 0 Å². The maximum atomic E-state index is 13.0. The molecule has 4 rings (SSSR count). The number of benzene rings is 3. The predicted octanol–water partition coefficient (Wildman–Crippen LogP) is 3.63. The molecule has 0 bridgehead atoms. The number of hydrogen-bond acceptors (Lipinski definition) is 3. The smallest absolute Gasteiger partial charge is 0.249 e. The number of carbonyl (C=O) groups excluding carboxylic acids is 2. The zero-order valence-electron chi connectivity index (χ0n) is 14.4. The van der Waals surface area contributed by atoms with Crippen LogP contribution in [-0.4, -0.2) is 24.4 Å². The maximum Gasteiger partial charge on any atom is 0.249 e. The standard InChI is InChI=1S/C21H19N3O2/c1-14(22-17-11-6-8-15-7-2-3-9-16(15)17)21(26)24-13-20(25)23-18-10-4-5-12-19(18)24/h2-12,14,22H,13H2,1H3,(H,23,25)/t14-/m1/s1. The third-order valence-electron chi connectivity index (χ3n) is 4.57. The van der Waals surface area contributed by atoms with Gasteiger partial charge in [0, 0.05) is 11.1 Å². The van der Waals surface area contributed by atoms with Crippen molar-refractivity contribution in [3.05, 3.63) is 66.7 Å². The lowest BCUT2D eigenvalue weighted by atomic mass is 10.1. The topological polar surface area (TPSA) is 61.4 Å². The van der Waals surface area contributed by atoms with Crippen LogP contribution in [0.3, 0.4) is 0 Å². The van der Waals surface area contributed by atoms with E-state index in [0.29, 0.717) is 5.69 Å². The van der Waals surface area contributed by atoms with E-state index in [1.165, 1.54) is 4.90 Å². The summed E-state index contributed by atoms with van der Waals surface area (Å²) in [6.07, 6.45) is 0. The fourth-order valence-electron chi connectivity index (χ4n) is 3.31. The summed E-state index contributed by atoms with van der Waals surface area (Å²) < 4.78 is 0. The monoisotopic (exact) mass is 345 g/mol. The SMILES string of the molecule is C[C@@H](Nc1cccc2ccccc12)C(=O)N1CC(=O)Nc2ccccc21. The van der Waals surface area contributed by atoms with Crippen LogP contribution in [0.2, 0.25) is 0 Å². The number of nitrogens with one attached hydrogen (secondary N) is 2.